The van der Waals surface area contributed by atoms with Crippen molar-refractivity contribution in [1.29, 1.82) is 0 Å². The summed E-state index contributed by atoms with van der Waals surface area (Å²) in [7, 11) is 0. The van der Waals surface area contributed by atoms with Gasteiger partial charge >= 0.3 is 11.9 Å². The Labute approximate surface area is 541 Å². The van der Waals surface area contributed by atoms with E-state index in [0.717, 1.165) is 173 Å². The lowest BCUT2D eigenvalue weighted by Gasteiger charge is -2.15. The summed E-state index contributed by atoms with van der Waals surface area (Å²) in [6.07, 6.45) is 123. The summed E-state index contributed by atoms with van der Waals surface area (Å²) < 4.78 is 10.7. The number of aliphatic hydroxyl groups is 1. The van der Waals surface area contributed by atoms with Gasteiger partial charge in [0.15, 0.2) is 6.10 Å². The van der Waals surface area contributed by atoms with E-state index in [1.54, 1.807) is 0 Å². The fraction of sp³-hybridized carbons (Fsp3) is 0.518. The van der Waals surface area contributed by atoms with Crippen molar-refractivity contribution in [2.24, 2.45) is 0 Å². The molecule has 88 heavy (non-hydrogen) atoms. The van der Waals surface area contributed by atoms with Gasteiger partial charge in [0.05, 0.1) is 6.61 Å². The molecule has 0 aromatic carbocycles. The summed E-state index contributed by atoms with van der Waals surface area (Å²) in [6.45, 7) is 3.88. The van der Waals surface area contributed by atoms with Gasteiger partial charge in [-0.1, -0.05) is 315 Å². The van der Waals surface area contributed by atoms with Gasteiger partial charge in [-0.15, -0.1) is 0 Å². The average Bonchev–Trinajstić information content (AvgIpc) is 3.54. The number of unbranched alkanes of at least 4 members (excludes halogenated alkanes) is 15. The largest absolute Gasteiger partial charge is 0.462 e. The quantitative estimate of drug-likeness (QED) is 0.0373. The zero-order chi connectivity index (χ0) is 63.3. The first kappa shape index (κ1) is 82.0. The molecular formula is C83H126O5. The van der Waals surface area contributed by atoms with Crippen LogP contribution in [0.15, 0.2) is 231 Å². The normalized spacial score (nSPS) is 13.7. The summed E-state index contributed by atoms with van der Waals surface area (Å²) in [4.78, 5) is 24.7. The molecule has 0 aromatic heterocycles. The molecule has 1 N–H and O–H groups in total. The SMILES string of the molecule is CC/C=C\C/C=C\C/C=C\C/C=C\C/C=C\C/C=C\C/C=C\C/C=C\C/C=C\C/C=C\CCCCCCCCCCC(=O)OC(CO)COC(=O)CCCCCCCCC/C=C\C/C=C\C/C=C\C/C=C\C/C=C\C/C=C\C/C=C\C/C=C\C/C=C\CC. The molecular weight excluding hydrogens is 1080 g/mol. The van der Waals surface area contributed by atoms with Crippen molar-refractivity contribution in [3.05, 3.63) is 231 Å². The summed E-state index contributed by atoms with van der Waals surface area (Å²) >= 11 is 0. The maximum Gasteiger partial charge on any atom is 0.306 e. The maximum atomic E-state index is 12.4. The second kappa shape index (κ2) is 75.2. The third-order valence-electron chi connectivity index (χ3n) is 14.0. The second-order valence-electron chi connectivity index (χ2n) is 22.1. The van der Waals surface area contributed by atoms with E-state index in [1.165, 1.54) is 57.8 Å². The van der Waals surface area contributed by atoms with Gasteiger partial charge in [-0.3, -0.25) is 9.59 Å². The predicted molar refractivity (Wildman–Crippen MR) is 388 cm³/mol. The Morgan fingerprint density at radius 3 is 0.682 bits per heavy atom. The smallest absolute Gasteiger partial charge is 0.306 e. The summed E-state index contributed by atoms with van der Waals surface area (Å²) in [5, 5.41) is 9.70. The van der Waals surface area contributed by atoms with Gasteiger partial charge in [-0.2, -0.15) is 0 Å². The van der Waals surface area contributed by atoms with E-state index in [-0.39, 0.29) is 25.2 Å². The molecule has 0 spiro atoms. The molecule has 5 nitrogen and oxygen atoms in total. The number of aliphatic hydroxyl groups excluding tert-OH is 1. The highest BCUT2D eigenvalue weighted by atomic mass is 16.6. The number of hydrogen-bond donors (Lipinski definition) is 1. The van der Waals surface area contributed by atoms with Crippen molar-refractivity contribution in [2.45, 2.75) is 264 Å². The fourth-order valence-corrected chi connectivity index (χ4v) is 8.81. The molecule has 488 valence electrons. The molecule has 0 saturated heterocycles. The lowest BCUT2D eigenvalue weighted by molar-refractivity contribution is -0.161. The van der Waals surface area contributed by atoms with E-state index in [4.69, 9.17) is 9.47 Å². The number of esters is 2. The number of carbonyl (C=O) groups excluding carboxylic acids is 2. The van der Waals surface area contributed by atoms with E-state index in [2.05, 4.69) is 245 Å². The Hall–Kier alpha value is -6.04. The fourth-order valence-electron chi connectivity index (χ4n) is 8.81. The lowest BCUT2D eigenvalue weighted by Crippen LogP contribution is -2.28. The number of carbonyl (C=O) groups is 2. The topological polar surface area (TPSA) is 72.8 Å². The molecule has 0 saturated carbocycles. The minimum Gasteiger partial charge on any atom is -0.462 e. The van der Waals surface area contributed by atoms with Crippen molar-refractivity contribution in [3.63, 3.8) is 0 Å². The van der Waals surface area contributed by atoms with E-state index < -0.39 is 6.10 Å². The first-order valence-corrected chi connectivity index (χ1v) is 34.9. The molecule has 5 heteroatoms. The zero-order valence-corrected chi connectivity index (χ0v) is 55.9. The zero-order valence-electron chi connectivity index (χ0n) is 55.9. The van der Waals surface area contributed by atoms with Crippen LogP contribution >= 0.6 is 0 Å². The minimum atomic E-state index is -0.802. The van der Waals surface area contributed by atoms with E-state index >= 15 is 0 Å². The summed E-state index contributed by atoms with van der Waals surface area (Å²) in [6, 6.07) is 0. The Morgan fingerprint density at radius 2 is 0.455 bits per heavy atom. The number of rotatable bonds is 61. The first-order chi connectivity index (χ1) is 43.6. The number of ether oxygens (including phenoxy) is 2. The van der Waals surface area contributed by atoms with Crippen LogP contribution in [0.1, 0.15) is 258 Å². The molecule has 0 bridgehead atoms. The number of allylic oxidation sites excluding steroid dienone is 38. The van der Waals surface area contributed by atoms with Crippen molar-refractivity contribution >= 4 is 11.9 Å². The third kappa shape index (κ3) is 72.4. The highest BCUT2D eigenvalue weighted by molar-refractivity contribution is 5.70. The van der Waals surface area contributed by atoms with E-state index in [9.17, 15) is 14.7 Å². The van der Waals surface area contributed by atoms with Gasteiger partial charge in [0.25, 0.3) is 0 Å². The molecule has 0 radical (unpaired) electrons. The maximum absolute atomic E-state index is 12.4. The van der Waals surface area contributed by atoms with E-state index in [0.29, 0.717) is 12.8 Å². The highest BCUT2D eigenvalue weighted by Gasteiger charge is 2.16. The van der Waals surface area contributed by atoms with Crippen LogP contribution in [0.2, 0.25) is 0 Å². The molecule has 0 fully saturated rings. The van der Waals surface area contributed by atoms with Crippen LogP contribution in [-0.4, -0.2) is 36.4 Å². The van der Waals surface area contributed by atoms with Crippen LogP contribution in [-0.2, 0) is 19.1 Å². The van der Waals surface area contributed by atoms with Gasteiger partial charge in [0.2, 0.25) is 0 Å². The van der Waals surface area contributed by atoms with Crippen molar-refractivity contribution in [3.8, 4) is 0 Å². The second-order valence-corrected chi connectivity index (χ2v) is 22.1. The molecule has 1 atom stereocenters. The van der Waals surface area contributed by atoms with Crippen LogP contribution in [0.3, 0.4) is 0 Å². The van der Waals surface area contributed by atoms with Crippen LogP contribution in [0.4, 0.5) is 0 Å². The van der Waals surface area contributed by atoms with Gasteiger partial charge < -0.3 is 14.6 Å². The van der Waals surface area contributed by atoms with Crippen LogP contribution in [0, 0.1) is 0 Å². The van der Waals surface area contributed by atoms with Crippen LogP contribution in [0.25, 0.3) is 0 Å². The third-order valence-corrected chi connectivity index (χ3v) is 14.0. The minimum absolute atomic E-state index is 0.0904. The average molecular weight is 1200 g/mol. The standard InChI is InChI=1S/C83H126O5/c1-3-5-7-9-11-13-15-17-19-21-23-25-27-29-31-33-35-37-39-40-41-42-44-46-48-50-52-54-56-58-60-62-64-66-68-70-72-74-76-78-83(86)88-81(79-84)80-87-82(85)77-75-73-71-69-67-65-63-61-59-57-55-53-51-49-47-45-43-38-36-34-32-30-28-26-24-22-20-18-16-14-12-10-8-6-4-2/h5-8,11-14,17-20,23-26,29-32,35-38,40-41,44-47,50-53,56-59,81,84H,3-4,9-10,15-16,21-22,27-28,33-34,39,42-43,48-49,54-55,60-80H2,1-2H3/b7-5-,8-6-,13-11-,14-12-,19-17-,20-18-,25-23-,26-24-,31-29-,32-30-,37-35-,38-36-,41-40-,46-44-,47-45-,52-50-,53-51-,58-56-,59-57-. The van der Waals surface area contributed by atoms with Crippen LogP contribution < -0.4 is 0 Å². The Kier molecular flexibility index (Phi) is 70.0. The van der Waals surface area contributed by atoms with E-state index in [1.807, 2.05) is 0 Å². The molecule has 0 aliphatic carbocycles. The van der Waals surface area contributed by atoms with Crippen molar-refractivity contribution < 1.29 is 24.2 Å². The Bertz CT molecular complexity index is 2150. The molecule has 0 heterocycles. The van der Waals surface area contributed by atoms with Gasteiger partial charge in [-0.05, 0) is 161 Å². The van der Waals surface area contributed by atoms with Gasteiger partial charge in [0, 0.05) is 12.8 Å². The molecule has 0 amide bonds. The molecule has 0 rings (SSSR count). The molecule has 0 aromatic rings. The summed E-state index contributed by atoms with van der Waals surface area (Å²) in [5.74, 6) is -0.629. The molecule has 0 aliphatic rings. The molecule has 0 aliphatic heterocycles. The van der Waals surface area contributed by atoms with Gasteiger partial charge in [0.1, 0.15) is 6.61 Å². The van der Waals surface area contributed by atoms with Crippen LogP contribution in [0.5, 0.6) is 0 Å². The Balaban J connectivity index is 3.65. The molecule has 1 unspecified atom stereocenters. The summed E-state index contributed by atoms with van der Waals surface area (Å²) in [5.41, 5.74) is 0. The monoisotopic (exact) mass is 1200 g/mol. The van der Waals surface area contributed by atoms with Crippen molar-refractivity contribution in [1.82, 2.24) is 0 Å². The highest BCUT2D eigenvalue weighted by Crippen LogP contribution is 2.14. The van der Waals surface area contributed by atoms with Crippen molar-refractivity contribution in [2.75, 3.05) is 13.2 Å². The van der Waals surface area contributed by atoms with Gasteiger partial charge in [-0.25, -0.2) is 0 Å². The number of hydrogen-bond acceptors (Lipinski definition) is 5. The Morgan fingerprint density at radius 1 is 0.261 bits per heavy atom. The lowest BCUT2D eigenvalue weighted by atomic mass is 10.1. The first-order valence-electron chi connectivity index (χ1n) is 34.9. The predicted octanol–water partition coefficient (Wildman–Crippen LogP) is 24.9.